The van der Waals surface area contributed by atoms with Crippen molar-refractivity contribution in [1.82, 2.24) is 25.3 Å². The first-order valence-electron chi connectivity index (χ1n) is 8.31. The molecule has 1 aromatic heterocycles. The molecule has 0 saturated carbocycles. The molecule has 6 nitrogen and oxygen atoms in total. The first-order valence-corrected chi connectivity index (χ1v) is 8.69. The zero-order valence-corrected chi connectivity index (χ0v) is 14.9. The second kappa shape index (κ2) is 6.42. The van der Waals surface area contributed by atoms with Crippen LogP contribution in [0.1, 0.15) is 17.8 Å². The largest absolute Gasteiger partial charge is 0.355 e. The Morgan fingerprint density at radius 3 is 3.00 bits per heavy atom. The highest BCUT2D eigenvalue weighted by Gasteiger charge is 2.53. The number of hydrogen-bond donors (Lipinski definition) is 2. The maximum Gasteiger partial charge on any atom is 0.229 e. The van der Waals surface area contributed by atoms with Crippen LogP contribution < -0.4 is 10.6 Å². The van der Waals surface area contributed by atoms with Gasteiger partial charge in [0.1, 0.15) is 0 Å². The van der Waals surface area contributed by atoms with E-state index in [1.54, 1.807) is 0 Å². The van der Waals surface area contributed by atoms with Crippen LogP contribution >= 0.6 is 11.6 Å². The number of likely N-dealkylation sites (tertiary alicyclic amines) is 1. The van der Waals surface area contributed by atoms with Crippen LogP contribution in [0.25, 0.3) is 0 Å². The minimum absolute atomic E-state index is 0.197. The summed E-state index contributed by atoms with van der Waals surface area (Å²) in [6, 6.07) is 0. The van der Waals surface area contributed by atoms with E-state index >= 15 is 0 Å². The molecule has 2 aliphatic heterocycles. The Morgan fingerprint density at radius 2 is 2.30 bits per heavy atom. The van der Waals surface area contributed by atoms with E-state index in [2.05, 4.69) is 27.7 Å². The lowest BCUT2D eigenvalue weighted by Gasteiger charge is -2.26. The minimum atomic E-state index is -0.240. The predicted molar refractivity (Wildman–Crippen MR) is 90.6 cm³/mol. The van der Waals surface area contributed by atoms with Crippen LogP contribution in [0.3, 0.4) is 0 Å². The van der Waals surface area contributed by atoms with Crippen molar-refractivity contribution < 1.29 is 4.79 Å². The lowest BCUT2D eigenvalue weighted by molar-refractivity contribution is -0.130. The van der Waals surface area contributed by atoms with Crippen LogP contribution in [0.2, 0.25) is 5.02 Å². The number of aryl methyl sites for hydroxylation is 2. The molecule has 1 amide bonds. The SMILES string of the molecule is Cc1nn(CCCNC(=O)[C@@]23CNC[C@@H]2CN(C)C3)c(C)c1Cl. The highest BCUT2D eigenvalue weighted by Crippen LogP contribution is 2.38. The Labute approximate surface area is 142 Å². The van der Waals surface area contributed by atoms with Crippen molar-refractivity contribution in [3.05, 3.63) is 16.4 Å². The van der Waals surface area contributed by atoms with E-state index in [-0.39, 0.29) is 11.3 Å². The van der Waals surface area contributed by atoms with E-state index in [4.69, 9.17) is 11.6 Å². The Kier molecular flexibility index (Phi) is 4.67. The molecule has 7 heteroatoms. The van der Waals surface area contributed by atoms with Gasteiger partial charge in [-0.15, -0.1) is 0 Å². The van der Waals surface area contributed by atoms with E-state index in [1.165, 1.54) is 0 Å². The van der Waals surface area contributed by atoms with Gasteiger partial charge in [0.2, 0.25) is 5.91 Å². The van der Waals surface area contributed by atoms with Gasteiger partial charge in [-0.3, -0.25) is 9.48 Å². The number of rotatable bonds is 5. The third kappa shape index (κ3) is 2.99. The summed E-state index contributed by atoms with van der Waals surface area (Å²) >= 11 is 6.16. The van der Waals surface area contributed by atoms with E-state index in [0.717, 1.165) is 55.6 Å². The molecule has 0 radical (unpaired) electrons. The molecule has 2 fully saturated rings. The first-order chi connectivity index (χ1) is 10.9. The number of carbonyl (C=O) groups is 1. The van der Waals surface area contributed by atoms with Crippen molar-refractivity contribution in [2.75, 3.05) is 39.8 Å². The number of hydrogen-bond acceptors (Lipinski definition) is 4. The van der Waals surface area contributed by atoms with Gasteiger partial charge in [-0.25, -0.2) is 0 Å². The molecule has 2 aliphatic rings. The normalized spacial score (nSPS) is 27.4. The topological polar surface area (TPSA) is 62.2 Å². The smallest absolute Gasteiger partial charge is 0.229 e. The van der Waals surface area contributed by atoms with E-state index in [0.29, 0.717) is 12.5 Å². The molecule has 0 aromatic carbocycles. The zero-order chi connectivity index (χ0) is 16.6. The van der Waals surface area contributed by atoms with Gasteiger partial charge in [0.25, 0.3) is 0 Å². The standard InChI is InChI=1S/C16H26ClN5O/c1-11-14(17)12(2)22(20-11)6-4-5-19-15(23)16-9-18-7-13(16)8-21(3)10-16/h13,18H,4-10H2,1-3H3,(H,19,23)/t13-,16-/m1/s1. The van der Waals surface area contributed by atoms with Crippen molar-refractivity contribution in [2.24, 2.45) is 11.3 Å². The quantitative estimate of drug-likeness (QED) is 0.779. The fraction of sp³-hybridized carbons (Fsp3) is 0.750. The van der Waals surface area contributed by atoms with Gasteiger partial charge in [-0.05, 0) is 27.3 Å². The van der Waals surface area contributed by atoms with Gasteiger partial charge in [0.05, 0.1) is 21.8 Å². The summed E-state index contributed by atoms with van der Waals surface area (Å²) in [5.74, 6) is 0.630. The van der Waals surface area contributed by atoms with Crippen LogP contribution in [-0.2, 0) is 11.3 Å². The third-order valence-corrected chi connectivity index (χ3v) is 5.82. The van der Waals surface area contributed by atoms with Gasteiger partial charge in [0.15, 0.2) is 0 Å². The second-order valence-electron chi connectivity index (χ2n) is 7.00. The van der Waals surface area contributed by atoms with Gasteiger partial charge in [0, 0.05) is 45.2 Å². The molecule has 0 spiro atoms. The Balaban J connectivity index is 1.51. The summed E-state index contributed by atoms with van der Waals surface area (Å²) in [5.41, 5.74) is 1.61. The van der Waals surface area contributed by atoms with Crippen molar-refractivity contribution in [3.8, 4) is 0 Å². The maximum absolute atomic E-state index is 12.7. The van der Waals surface area contributed by atoms with Gasteiger partial charge < -0.3 is 15.5 Å². The molecule has 1 aromatic rings. The molecule has 2 saturated heterocycles. The lowest BCUT2D eigenvalue weighted by atomic mass is 9.80. The molecule has 2 N–H and O–H groups in total. The number of carbonyl (C=O) groups excluding carboxylic acids is 1. The van der Waals surface area contributed by atoms with Gasteiger partial charge in [-0.2, -0.15) is 5.10 Å². The lowest BCUT2D eigenvalue weighted by Crippen LogP contribution is -2.47. The average Bonchev–Trinajstić information content (AvgIpc) is 3.11. The van der Waals surface area contributed by atoms with Gasteiger partial charge in [-0.1, -0.05) is 11.6 Å². The molecule has 2 atom stereocenters. The molecule has 0 aliphatic carbocycles. The van der Waals surface area contributed by atoms with E-state index in [9.17, 15) is 4.79 Å². The first kappa shape index (κ1) is 16.7. The van der Waals surface area contributed by atoms with Crippen LogP contribution in [0.5, 0.6) is 0 Å². The average molecular weight is 340 g/mol. The number of nitrogens with one attached hydrogen (secondary N) is 2. The van der Waals surface area contributed by atoms with Crippen molar-refractivity contribution in [1.29, 1.82) is 0 Å². The van der Waals surface area contributed by atoms with E-state index in [1.807, 2.05) is 18.5 Å². The number of amides is 1. The Hall–Kier alpha value is -1.11. The summed E-state index contributed by atoms with van der Waals surface area (Å²) in [6.07, 6.45) is 0.855. The molecule has 0 bridgehead atoms. The molecule has 0 unspecified atom stereocenters. The summed E-state index contributed by atoms with van der Waals surface area (Å²) < 4.78 is 1.92. The third-order valence-electron chi connectivity index (χ3n) is 5.27. The fourth-order valence-corrected chi connectivity index (χ4v) is 4.13. The molecule has 3 rings (SSSR count). The summed E-state index contributed by atoms with van der Waals surface area (Å²) in [4.78, 5) is 15.0. The monoisotopic (exact) mass is 339 g/mol. The fourth-order valence-electron chi connectivity index (χ4n) is 3.99. The Bertz CT molecular complexity index is 602. The van der Waals surface area contributed by atoms with Crippen molar-refractivity contribution >= 4 is 17.5 Å². The predicted octanol–water partition coefficient (Wildman–Crippen LogP) is 0.811. The summed E-state index contributed by atoms with van der Waals surface area (Å²) in [5, 5.41) is 11.7. The molecular formula is C16H26ClN5O. The molecule has 3 heterocycles. The maximum atomic E-state index is 12.7. The van der Waals surface area contributed by atoms with Crippen LogP contribution in [-0.4, -0.2) is 60.4 Å². The van der Waals surface area contributed by atoms with Crippen molar-refractivity contribution in [2.45, 2.75) is 26.8 Å². The van der Waals surface area contributed by atoms with Crippen LogP contribution in [0.4, 0.5) is 0 Å². The van der Waals surface area contributed by atoms with Gasteiger partial charge >= 0.3 is 0 Å². The molecular weight excluding hydrogens is 314 g/mol. The van der Waals surface area contributed by atoms with Crippen molar-refractivity contribution in [3.63, 3.8) is 0 Å². The highest BCUT2D eigenvalue weighted by molar-refractivity contribution is 6.31. The number of halogens is 1. The van der Waals surface area contributed by atoms with E-state index < -0.39 is 0 Å². The summed E-state index contributed by atoms with van der Waals surface area (Å²) in [6.45, 7) is 8.93. The van der Waals surface area contributed by atoms with Crippen LogP contribution in [0, 0.1) is 25.2 Å². The number of aromatic nitrogens is 2. The Morgan fingerprint density at radius 1 is 1.52 bits per heavy atom. The molecule has 23 heavy (non-hydrogen) atoms. The molecule has 128 valence electrons. The highest BCUT2D eigenvalue weighted by atomic mass is 35.5. The van der Waals surface area contributed by atoms with Crippen LogP contribution in [0.15, 0.2) is 0 Å². The number of fused-ring (bicyclic) bond motifs is 1. The summed E-state index contributed by atoms with van der Waals surface area (Å²) in [7, 11) is 2.10. The zero-order valence-electron chi connectivity index (χ0n) is 14.2. The minimum Gasteiger partial charge on any atom is -0.355 e. The number of nitrogens with zero attached hydrogens (tertiary/aromatic N) is 3. The second-order valence-corrected chi connectivity index (χ2v) is 7.38.